The smallest absolute Gasteiger partial charge is 0.0801 e. The van der Waals surface area contributed by atoms with Gasteiger partial charge in [-0.1, -0.05) is 34.8 Å². The number of aryl methyl sites for hydroxylation is 1. The molecule has 0 atom stereocenters. The molecule has 0 spiro atoms. The van der Waals surface area contributed by atoms with Gasteiger partial charge in [-0.15, -0.1) is 11.3 Å². The number of rotatable bonds is 1. The third kappa shape index (κ3) is 2.13. The number of hydrogen-bond donors (Lipinski definition) is 0. The van der Waals surface area contributed by atoms with Gasteiger partial charge < -0.3 is 0 Å². The molecule has 0 aliphatic heterocycles. The van der Waals surface area contributed by atoms with E-state index in [-0.39, 0.29) is 0 Å². The molecule has 0 fully saturated rings. The lowest BCUT2D eigenvalue weighted by Gasteiger charge is -2.06. The Morgan fingerprint density at radius 2 is 1.73 bits per heavy atom. The van der Waals surface area contributed by atoms with Crippen LogP contribution in [0, 0.1) is 6.92 Å². The molecule has 0 saturated carbocycles. The Balaban J connectivity index is 2.68. The molecule has 0 amide bonds. The maximum absolute atomic E-state index is 6.11. The van der Waals surface area contributed by atoms with Crippen molar-refractivity contribution in [3.63, 3.8) is 0 Å². The summed E-state index contributed by atoms with van der Waals surface area (Å²) in [5.74, 6) is 0. The fraction of sp³-hybridized carbons (Fsp3) is 0.100. The van der Waals surface area contributed by atoms with Crippen molar-refractivity contribution in [2.24, 2.45) is 0 Å². The van der Waals surface area contributed by atoms with E-state index in [0.29, 0.717) is 15.1 Å². The molecule has 0 unspecified atom stereocenters. The molecule has 0 aliphatic carbocycles. The van der Waals surface area contributed by atoms with Crippen LogP contribution in [0.5, 0.6) is 0 Å². The Morgan fingerprint density at radius 3 is 2.20 bits per heavy atom. The number of halogens is 3. The molecule has 1 heterocycles. The second kappa shape index (κ2) is 4.30. The predicted molar refractivity (Wildman–Crippen MR) is 67.3 cm³/mol. The zero-order valence-electron chi connectivity index (χ0n) is 7.72. The van der Waals surface area contributed by atoms with Crippen LogP contribution in [0.25, 0.3) is 10.4 Å². The molecule has 0 bridgehead atoms. The normalized spacial score (nSPS) is 10.7. The van der Waals surface area contributed by atoms with Gasteiger partial charge in [0.05, 0.1) is 26.1 Å². The highest BCUT2D eigenvalue weighted by molar-refractivity contribution is 7.13. The molecule has 0 saturated heterocycles. The molecule has 5 heteroatoms. The van der Waals surface area contributed by atoms with Gasteiger partial charge in [0.25, 0.3) is 0 Å². The first-order valence-corrected chi connectivity index (χ1v) is 6.16. The minimum Gasteiger partial charge on any atom is -0.249 e. The highest BCUT2D eigenvalue weighted by atomic mass is 35.5. The third-order valence-electron chi connectivity index (χ3n) is 1.98. The molecule has 1 aromatic heterocycles. The second-order valence-electron chi connectivity index (χ2n) is 3.01. The lowest BCUT2D eigenvalue weighted by Crippen LogP contribution is -1.82. The molecule has 2 aromatic rings. The summed E-state index contributed by atoms with van der Waals surface area (Å²) in [6.07, 6.45) is 0. The average molecular weight is 279 g/mol. The molecule has 1 aromatic carbocycles. The summed E-state index contributed by atoms with van der Waals surface area (Å²) < 4.78 is 0. The van der Waals surface area contributed by atoms with Crippen LogP contribution in [0.4, 0.5) is 0 Å². The van der Waals surface area contributed by atoms with Gasteiger partial charge in [0.2, 0.25) is 0 Å². The summed E-state index contributed by atoms with van der Waals surface area (Å²) in [5, 5.41) is 1.65. The van der Waals surface area contributed by atoms with Crippen LogP contribution in [-0.4, -0.2) is 4.98 Å². The predicted octanol–water partition coefficient (Wildman–Crippen LogP) is 5.08. The SMILES string of the molecule is Cc1ncsc1-c1c(Cl)cc(Cl)cc1Cl. The maximum Gasteiger partial charge on any atom is 0.0801 e. The van der Waals surface area contributed by atoms with Crippen molar-refractivity contribution in [3.05, 3.63) is 38.4 Å². The highest BCUT2D eigenvalue weighted by Gasteiger charge is 2.13. The number of hydrogen-bond acceptors (Lipinski definition) is 2. The Kier molecular flexibility index (Phi) is 3.21. The molecule has 2 rings (SSSR count). The van der Waals surface area contributed by atoms with Gasteiger partial charge in [-0.3, -0.25) is 0 Å². The van der Waals surface area contributed by atoms with Crippen LogP contribution in [-0.2, 0) is 0 Å². The first kappa shape index (κ1) is 11.2. The largest absolute Gasteiger partial charge is 0.249 e. The average Bonchev–Trinajstić information content (AvgIpc) is 2.50. The van der Waals surface area contributed by atoms with Crippen LogP contribution < -0.4 is 0 Å². The van der Waals surface area contributed by atoms with Crippen molar-refractivity contribution < 1.29 is 0 Å². The molecular weight excluding hydrogens is 273 g/mol. The minimum absolute atomic E-state index is 0.538. The van der Waals surface area contributed by atoms with Crippen molar-refractivity contribution in [3.8, 4) is 10.4 Å². The van der Waals surface area contributed by atoms with E-state index in [1.54, 1.807) is 17.6 Å². The minimum atomic E-state index is 0.538. The molecule has 78 valence electrons. The van der Waals surface area contributed by atoms with E-state index in [0.717, 1.165) is 16.1 Å². The van der Waals surface area contributed by atoms with Crippen molar-refractivity contribution >= 4 is 46.1 Å². The van der Waals surface area contributed by atoms with Crippen molar-refractivity contribution in [1.82, 2.24) is 4.98 Å². The Hall–Kier alpha value is -0.280. The Bertz CT molecular complexity index is 484. The highest BCUT2D eigenvalue weighted by Crippen LogP contribution is 2.40. The second-order valence-corrected chi connectivity index (χ2v) is 5.12. The van der Waals surface area contributed by atoms with E-state index in [1.807, 2.05) is 6.92 Å². The molecule has 0 N–H and O–H groups in total. The van der Waals surface area contributed by atoms with Gasteiger partial charge in [0.1, 0.15) is 0 Å². The standard InChI is InChI=1S/C10H6Cl3NS/c1-5-10(15-4-14-5)9-7(12)2-6(11)3-8(9)13/h2-4H,1H3. The van der Waals surface area contributed by atoms with E-state index < -0.39 is 0 Å². The van der Waals surface area contributed by atoms with E-state index in [1.165, 1.54) is 11.3 Å². The fourth-order valence-electron chi connectivity index (χ4n) is 1.30. The molecular formula is C10H6Cl3NS. The van der Waals surface area contributed by atoms with Gasteiger partial charge in [-0.05, 0) is 19.1 Å². The summed E-state index contributed by atoms with van der Waals surface area (Å²) in [6.45, 7) is 1.92. The topological polar surface area (TPSA) is 12.9 Å². The first-order chi connectivity index (χ1) is 7.09. The van der Waals surface area contributed by atoms with E-state index in [2.05, 4.69) is 4.98 Å². The zero-order valence-corrected chi connectivity index (χ0v) is 10.8. The first-order valence-electron chi connectivity index (χ1n) is 4.14. The van der Waals surface area contributed by atoms with Gasteiger partial charge in [0.15, 0.2) is 0 Å². The van der Waals surface area contributed by atoms with Gasteiger partial charge in [-0.2, -0.15) is 0 Å². The molecule has 1 nitrogen and oxygen atoms in total. The number of thiazole rings is 1. The van der Waals surface area contributed by atoms with Crippen LogP contribution in [0.15, 0.2) is 17.6 Å². The lowest BCUT2D eigenvalue weighted by molar-refractivity contribution is 1.27. The summed E-state index contributed by atoms with van der Waals surface area (Å²) in [5.41, 5.74) is 3.50. The summed E-state index contributed by atoms with van der Waals surface area (Å²) in [6, 6.07) is 3.37. The van der Waals surface area contributed by atoms with Crippen LogP contribution in [0.3, 0.4) is 0 Å². The van der Waals surface area contributed by atoms with E-state index >= 15 is 0 Å². The van der Waals surface area contributed by atoms with Gasteiger partial charge in [-0.25, -0.2) is 4.98 Å². The van der Waals surface area contributed by atoms with Crippen molar-refractivity contribution in [1.29, 1.82) is 0 Å². The van der Waals surface area contributed by atoms with Crippen molar-refractivity contribution in [2.45, 2.75) is 6.92 Å². The van der Waals surface area contributed by atoms with Gasteiger partial charge >= 0.3 is 0 Å². The monoisotopic (exact) mass is 277 g/mol. The summed E-state index contributed by atoms with van der Waals surface area (Å²) >= 11 is 19.6. The van der Waals surface area contributed by atoms with E-state index in [9.17, 15) is 0 Å². The number of benzene rings is 1. The Morgan fingerprint density at radius 1 is 1.13 bits per heavy atom. The lowest BCUT2D eigenvalue weighted by atomic mass is 10.1. The van der Waals surface area contributed by atoms with Crippen LogP contribution >= 0.6 is 46.1 Å². The Labute approximate surface area is 107 Å². The molecule has 0 aliphatic rings. The zero-order chi connectivity index (χ0) is 11.0. The molecule has 0 radical (unpaired) electrons. The number of nitrogens with zero attached hydrogens (tertiary/aromatic N) is 1. The van der Waals surface area contributed by atoms with Crippen LogP contribution in [0.1, 0.15) is 5.69 Å². The molecule has 15 heavy (non-hydrogen) atoms. The maximum atomic E-state index is 6.11. The van der Waals surface area contributed by atoms with E-state index in [4.69, 9.17) is 34.8 Å². The number of aromatic nitrogens is 1. The quantitative estimate of drug-likeness (QED) is 0.709. The van der Waals surface area contributed by atoms with Crippen LogP contribution in [0.2, 0.25) is 15.1 Å². The summed E-state index contributed by atoms with van der Waals surface area (Å²) in [7, 11) is 0. The fourth-order valence-corrected chi connectivity index (χ4v) is 3.30. The summed E-state index contributed by atoms with van der Waals surface area (Å²) in [4.78, 5) is 5.15. The van der Waals surface area contributed by atoms with Gasteiger partial charge in [0, 0.05) is 10.6 Å². The van der Waals surface area contributed by atoms with Crippen molar-refractivity contribution in [2.75, 3.05) is 0 Å². The third-order valence-corrected chi connectivity index (χ3v) is 3.74.